The van der Waals surface area contributed by atoms with Crippen LogP contribution >= 0.6 is 12.4 Å². The number of benzene rings is 1. The van der Waals surface area contributed by atoms with E-state index in [9.17, 15) is 0 Å². The molecule has 0 bridgehead atoms. The zero-order valence-electron chi connectivity index (χ0n) is 8.08. The van der Waals surface area contributed by atoms with Crippen molar-refractivity contribution >= 4 is 12.4 Å². The molecule has 2 N–H and O–H groups in total. The second-order valence-electron chi connectivity index (χ2n) is 4.28. The second kappa shape index (κ2) is 3.32. The maximum absolute atomic E-state index is 6.02. The molecule has 2 rings (SSSR count). The van der Waals surface area contributed by atoms with Gasteiger partial charge in [-0.15, -0.1) is 12.4 Å². The van der Waals surface area contributed by atoms with Crippen molar-refractivity contribution in [2.45, 2.75) is 31.7 Å². The Morgan fingerprint density at radius 1 is 1.31 bits per heavy atom. The molecule has 0 saturated heterocycles. The van der Waals surface area contributed by atoms with E-state index in [-0.39, 0.29) is 23.9 Å². The van der Waals surface area contributed by atoms with E-state index in [1.54, 1.807) is 0 Å². The Kier molecular flexibility index (Phi) is 2.69. The molecule has 1 aliphatic carbocycles. The van der Waals surface area contributed by atoms with Crippen LogP contribution in [0.25, 0.3) is 0 Å². The number of fused-ring (bicyclic) bond motifs is 1. The van der Waals surface area contributed by atoms with Crippen LogP contribution in [0.1, 0.15) is 37.4 Å². The van der Waals surface area contributed by atoms with Gasteiger partial charge in [-0.2, -0.15) is 0 Å². The summed E-state index contributed by atoms with van der Waals surface area (Å²) in [5, 5.41) is 0. The van der Waals surface area contributed by atoms with Crippen LogP contribution < -0.4 is 5.73 Å². The van der Waals surface area contributed by atoms with Crippen LogP contribution in [0.4, 0.5) is 0 Å². The van der Waals surface area contributed by atoms with Gasteiger partial charge in [0.15, 0.2) is 0 Å². The Labute approximate surface area is 85.7 Å². The monoisotopic (exact) mass is 197 g/mol. The summed E-state index contributed by atoms with van der Waals surface area (Å²) in [6.07, 6.45) is 1.08. The summed E-state index contributed by atoms with van der Waals surface area (Å²) in [6.45, 7) is 4.53. The first-order chi connectivity index (χ1) is 5.61. The van der Waals surface area contributed by atoms with Gasteiger partial charge in [0.05, 0.1) is 0 Å². The minimum absolute atomic E-state index is 0. The van der Waals surface area contributed by atoms with Crippen molar-refractivity contribution in [3.63, 3.8) is 0 Å². The Bertz CT molecular complexity index is 307. The van der Waals surface area contributed by atoms with Gasteiger partial charge in [0.25, 0.3) is 0 Å². The molecular weight excluding hydrogens is 182 g/mol. The molecule has 1 aliphatic rings. The lowest BCUT2D eigenvalue weighted by molar-refractivity contribution is 0.481. The topological polar surface area (TPSA) is 26.0 Å². The maximum atomic E-state index is 6.02. The molecule has 0 fully saturated rings. The van der Waals surface area contributed by atoms with Crippen LogP contribution in [0.5, 0.6) is 0 Å². The fourth-order valence-electron chi connectivity index (χ4n) is 2.21. The van der Waals surface area contributed by atoms with E-state index in [4.69, 9.17) is 5.73 Å². The number of nitrogens with two attached hydrogens (primary N) is 1. The van der Waals surface area contributed by atoms with Gasteiger partial charge < -0.3 is 5.73 Å². The quantitative estimate of drug-likeness (QED) is 0.680. The van der Waals surface area contributed by atoms with Crippen molar-refractivity contribution in [1.29, 1.82) is 0 Å². The normalized spacial score (nSPS) is 23.5. The molecule has 0 unspecified atom stereocenters. The number of halogens is 1. The Morgan fingerprint density at radius 2 is 1.92 bits per heavy atom. The average Bonchev–Trinajstić information content (AvgIpc) is 2.25. The van der Waals surface area contributed by atoms with E-state index in [1.807, 2.05) is 0 Å². The summed E-state index contributed by atoms with van der Waals surface area (Å²) in [5.41, 5.74) is 9.06. The highest BCUT2D eigenvalue weighted by atomic mass is 35.5. The van der Waals surface area contributed by atoms with Gasteiger partial charge in [0, 0.05) is 6.04 Å². The van der Waals surface area contributed by atoms with Crippen molar-refractivity contribution in [2.24, 2.45) is 5.73 Å². The minimum atomic E-state index is 0. The summed E-state index contributed by atoms with van der Waals surface area (Å²) in [5.74, 6) is 0. The fourth-order valence-corrected chi connectivity index (χ4v) is 2.21. The lowest BCUT2D eigenvalue weighted by Crippen LogP contribution is -2.14. The highest BCUT2D eigenvalue weighted by molar-refractivity contribution is 5.85. The fraction of sp³-hybridized carbons (Fsp3) is 0.455. The zero-order chi connectivity index (χ0) is 8.77. The summed E-state index contributed by atoms with van der Waals surface area (Å²) < 4.78 is 0. The van der Waals surface area contributed by atoms with E-state index >= 15 is 0 Å². The van der Waals surface area contributed by atoms with Crippen molar-refractivity contribution in [3.8, 4) is 0 Å². The highest BCUT2D eigenvalue weighted by Crippen LogP contribution is 2.42. The maximum Gasteiger partial charge on any atom is 0.0306 e. The first kappa shape index (κ1) is 10.6. The van der Waals surface area contributed by atoms with E-state index in [1.165, 1.54) is 11.1 Å². The number of hydrogen-bond acceptors (Lipinski definition) is 1. The third-order valence-corrected chi connectivity index (χ3v) is 2.82. The van der Waals surface area contributed by atoms with Crippen molar-refractivity contribution in [3.05, 3.63) is 35.4 Å². The van der Waals surface area contributed by atoms with E-state index in [0.717, 1.165) is 6.42 Å². The van der Waals surface area contributed by atoms with Crippen LogP contribution in [0.15, 0.2) is 24.3 Å². The Hall–Kier alpha value is -0.530. The van der Waals surface area contributed by atoms with Gasteiger partial charge in [-0.3, -0.25) is 0 Å². The van der Waals surface area contributed by atoms with Gasteiger partial charge in [-0.05, 0) is 23.0 Å². The number of rotatable bonds is 0. The lowest BCUT2D eigenvalue weighted by Gasteiger charge is -2.18. The standard InChI is InChI=1S/C11H15N.ClH/c1-11(2)7-10(12)8-5-3-4-6-9(8)11;/h3-6,10H,7,12H2,1-2H3;1H/t10-;/m1./s1. The molecule has 1 nitrogen and oxygen atoms in total. The third kappa shape index (κ3) is 1.59. The molecular formula is C11H16ClN. The van der Waals surface area contributed by atoms with Gasteiger partial charge >= 0.3 is 0 Å². The highest BCUT2D eigenvalue weighted by Gasteiger charge is 2.34. The molecule has 2 heteroatoms. The summed E-state index contributed by atoms with van der Waals surface area (Å²) in [7, 11) is 0. The van der Waals surface area contributed by atoms with Gasteiger partial charge in [-0.1, -0.05) is 38.1 Å². The van der Waals surface area contributed by atoms with Crippen LogP contribution in [-0.4, -0.2) is 0 Å². The van der Waals surface area contributed by atoms with Crippen molar-refractivity contribution in [2.75, 3.05) is 0 Å². The molecule has 0 aromatic heterocycles. The van der Waals surface area contributed by atoms with Gasteiger partial charge in [-0.25, -0.2) is 0 Å². The summed E-state index contributed by atoms with van der Waals surface area (Å²) in [6, 6.07) is 8.76. The molecule has 72 valence electrons. The summed E-state index contributed by atoms with van der Waals surface area (Å²) >= 11 is 0. The third-order valence-electron chi connectivity index (χ3n) is 2.82. The smallest absolute Gasteiger partial charge is 0.0306 e. The Balaban J connectivity index is 0.000000845. The van der Waals surface area contributed by atoms with E-state index < -0.39 is 0 Å². The van der Waals surface area contributed by atoms with Crippen LogP contribution in [-0.2, 0) is 5.41 Å². The molecule has 13 heavy (non-hydrogen) atoms. The van der Waals surface area contributed by atoms with Gasteiger partial charge in [0.2, 0.25) is 0 Å². The second-order valence-corrected chi connectivity index (χ2v) is 4.28. The van der Waals surface area contributed by atoms with Crippen molar-refractivity contribution < 1.29 is 0 Å². The van der Waals surface area contributed by atoms with Crippen LogP contribution in [0.3, 0.4) is 0 Å². The zero-order valence-corrected chi connectivity index (χ0v) is 8.90. The average molecular weight is 198 g/mol. The molecule has 0 heterocycles. The minimum Gasteiger partial charge on any atom is -0.324 e. The lowest BCUT2D eigenvalue weighted by atomic mass is 9.87. The first-order valence-corrected chi connectivity index (χ1v) is 4.46. The molecule has 0 amide bonds. The largest absolute Gasteiger partial charge is 0.324 e. The molecule has 0 saturated carbocycles. The molecule has 0 aliphatic heterocycles. The van der Waals surface area contributed by atoms with Crippen LogP contribution in [0, 0.1) is 0 Å². The Morgan fingerprint density at radius 3 is 2.54 bits per heavy atom. The number of hydrogen-bond donors (Lipinski definition) is 1. The molecule has 1 aromatic carbocycles. The van der Waals surface area contributed by atoms with E-state index in [0.29, 0.717) is 0 Å². The SMILES string of the molecule is CC1(C)C[C@@H](N)c2ccccc21.Cl. The molecule has 0 radical (unpaired) electrons. The molecule has 1 atom stereocenters. The first-order valence-electron chi connectivity index (χ1n) is 4.46. The predicted octanol–water partition coefficient (Wildman–Crippen LogP) is 2.79. The molecule has 0 spiro atoms. The molecule has 1 aromatic rings. The van der Waals surface area contributed by atoms with Gasteiger partial charge in [0.1, 0.15) is 0 Å². The predicted molar refractivity (Wildman–Crippen MR) is 58.3 cm³/mol. The van der Waals surface area contributed by atoms with E-state index in [2.05, 4.69) is 38.1 Å². The van der Waals surface area contributed by atoms with Crippen LogP contribution in [0.2, 0.25) is 0 Å². The summed E-state index contributed by atoms with van der Waals surface area (Å²) in [4.78, 5) is 0. The van der Waals surface area contributed by atoms with Crippen molar-refractivity contribution in [1.82, 2.24) is 0 Å².